The highest BCUT2D eigenvalue weighted by Gasteiger charge is 2.22. The van der Waals surface area contributed by atoms with Gasteiger partial charge in [-0.3, -0.25) is 9.69 Å². The topological polar surface area (TPSA) is 59.0 Å². The maximum atomic E-state index is 10.7. The lowest BCUT2D eigenvalue weighted by molar-refractivity contribution is -0.140. The molecule has 1 saturated heterocycles. The van der Waals surface area contributed by atoms with Gasteiger partial charge in [0.25, 0.3) is 0 Å². The summed E-state index contributed by atoms with van der Waals surface area (Å²) in [7, 11) is 1.64. The summed E-state index contributed by atoms with van der Waals surface area (Å²) in [4.78, 5) is 12.6. The van der Waals surface area contributed by atoms with Gasteiger partial charge in [0, 0.05) is 19.5 Å². The van der Waals surface area contributed by atoms with Crippen molar-refractivity contribution in [1.82, 2.24) is 4.90 Å². The number of benzene rings is 1. The molecular formula is C14H19NO4. The van der Waals surface area contributed by atoms with Gasteiger partial charge in [-0.15, -0.1) is 0 Å². The van der Waals surface area contributed by atoms with Crippen molar-refractivity contribution in [1.29, 1.82) is 0 Å². The molecular weight excluding hydrogens is 246 g/mol. The number of methoxy groups -OCH3 is 1. The van der Waals surface area contributed by atoms with Crippen molar-refractivity contribution >= 4 is 5.97 Å². The van der Waals surface area contributed by atoms with Gasteiger partial charge in [0.15, 0.2) is 0 Å². The van der Waals surface area contributed by atoms with E-state index in [4.69, 9.17) is 14.6 Å². The van der Waals surface area contributed by atoms with Crippen LogP contribution in [0.4, 0.5) is 0 Å². The number of hydrogen-bond acceptors (Lipinski definition) is 4. The van der Waals surface area contributed by atoms with Crippen molar-refractivity contribution in [2.45, 2.75) is 12.5 Å². The monoisotopic (exact) mass is 265 g/mol. The van der Waals surface area contributed by atoms with E-state index in [0.29, 0.717) is 19.7 Å². The minimum Gasteiger partial charge on any atom is -0.497 e. The molecule has 104 valence electrons. The maximum Gasteiger partial charge on any atom is 0.317 e. The number of carboxylic acids is 1. The predicted octanol–water partition coefficient (Wildman–Crippen LogP) is 1.02. The van der Waals surface area contributed by atoms with Crippen molar-refractivity contribution in [2.75, 3.05) is 33.4 Å². The third-order valence-electron chi connectivity index (χ3n) is 3.18. The first-order chi connectivity index (χ1) is 9.17. The molecule has 1 aromatic rings. The Bertz CT molecular complexity index is 435. The minimum absolute atomic E-state index is 0.0419. The van der Waals surface area contributed by atoms with E-state index in [1.54, 1.807) is 7.11 Å². The van der Waals surface area contributed by atoms with Crippen LogP contribution in [0.2, 0.25) is 0 Å². The van der Waals surface area contributed by atoms with E-state index in [-0.39, 0.29) is 12.6 Å². The van der Waals surface area contributed by atoms with E-state index in [0.717, 1.165) is 17.7 Å². The number of carboxylic acid groups (broad SMARTS) is 1. The molecule has 1 N–H and O–H groups in total. The van der Waals surface area contributed by atoms with Crippen molar-refractivity contribution in [3.05, 3.63) is 29.8 Å². The summed E-state index contributed by atoms with van der Waals surface area (Å²) in [6, 6.07) is 7.87. The van der Waals surface area contributed by atoms with Crippen LogP contribution >= 0.6 is 0 Å². The average Bonchev–Trinajstić information content (AvgIpc) is 2.38. The van der Waals surface area contributed by atoms with Crippen molar-refractivity contribution < 1.29 is 19.4 Å². The molecule has 0 bridgehead atoms. The lowest BCUT2D eigenvalue weighted by Gasteiger charge is -2.31. The molecule has 2 rings (SSSR count). The van der Waals surface area contributed by atoms with Gasteiger partial charge in [-0.05, 0) is 17.7 Å². The van der Waals surface area contributed by atoms with Gasteiger partial charge in [0.1, 0.15) is 5.75 Å². The third kappa shape index (κ3) is 4.22. The summed E-state index contributed by atoms with van der Waals surface area (Å²) < 4.78 is 10.9. The fraction of sp³-hybridized carbons (Fsp3) is 0.500. The van der Waals surface area contributed by atoms with Gasteiger partial charge >= 0.3 is 5.97 Å². The Morgan fingerprint density at radius 2 is 2.42 bits per heavy atom. The minimum atomic E-state index is -0.790. The molecule has 1 aliphatic rings. The number of rotatable bonds is 5. The zero-order valence-corrected chi connectivity index (χ0v) is 11.0. The van der Waals surface area contributed by atoms with E-state index < -0.39 is 5.97 Å². The summed E-state index contributed by atoms with van der Waals surface area (Å²) in [6.07, 6.45) is 0.813. The molecule has 1 fully saturated rings. The van der Waals surface area contributed by atoms with Crippen LogP contribution in [0.1, 0.15) is 5.56 Å². The van der Waals surface area contributed by atoms with Gasteiger partial charge in [-0.1, -0.05) is 12.1 Å². The highest BCUT2D eigenvalue weighted by molar-refractivity contribution is 5.69. The molecule has 0 amide bonds. The first kappa shape index (κ1) is 13.8. The molecule has 1 unspecified atom stereocenters. The predicted molar refractivity (Wildman–Crippen MR) is 70.5 cm³/mol. The quantitative estimate of drug-likeness (QED) is 0.861. The van der Waals surface area contributed by atoms with Gasteiger partial charge in [-0.25, -0.2) is 0 Å². The molecule has 1 heterocycles. The van der Waals surface area contributed by atoms with Crippen molar-refractivity contribution in [2.24, 2.45) is 0 Å². The van der Waals surface area contributed by atoms with Gasteiger partial charge in [0.2, 0.25) is 0 Å². The summed E-state index contributed by atoms with van der Waals surface area (Å²) >= 11 is 0. The van der Waals surface area contributed by atoms with Crippen LogP contribution in [0.3, 0.4) is 0 Å². The fourth-order valence-electron chi connectivity index (χ4n) is 2.30. The Balaban J connectivity index is 1.92. The van der Waals surface area contributed by atoms with Crippen molar-refractivity contribution in [3.8, 4) is 5.75 Å². The van der Waals surface area contributed by atoms with E-state index >= 15 is 0 Å². The number of carbonyl (C=O) groups is 1. The van der Waals surface area contributed by atoms with E-state index in [1.807, 2.05) is 29.2 Å². The molecule has 0 aliphatic carbocycles. The number of aliphatic carboxylic acids is 1. The lowest BCUT2D eigenvalue weighted by atomic mass is 10.1. The summed E-state index contributed by atoms with van der Waals surface area (Å²) in [5, 5.41) is 8.81. The average molecular weight is 265 g/mol. The highest BCUT2D eigenvalue weighted by atomic mass is 16.5. The first-order valence-electron chi connectivity index (χ1n) is 6.36. The van der Waals surface area contributed by atoms with Crippen LogP contribution in [-0.2, 0) is 16.0 Å². The van der Waals surface area contributed by atoms with Crippen LogP contribution in [0.15, 0.2) is 24.3 Å². The summed E-state index contributed by atoms with van der Waals surface area (Å²) in [5.74, 6) is 0.0396. The van der Waals surface area contributed by atoms with Crippen LogP contribution < -0.4 is 4.74 Å². The van der Waals surface area contributed by atoms with Crippen molar-refractivity contribution in [3.63, 3.8) is 0 Å². The fourth-order valence-corrected chi connectivity index (χ4v) is 2.30. The molecule has 1 aliphatic heterocycles. The molecule has 5 heteroatoms. The van der Waals surface area contributed by atoms with Crippen LogP contribution in [0, 0.1) is 0 Å². The Morgan fingerprint density at radius 3 is 3.16 bits per heavy atom. The Hall–Kier alpha value is -1.59. The van der Waals surface area contributed by atoms with Crippen LogP contribution in [0.5, 0.6) is 5.75 Å². The lowest BCUT2D eigenvalue weighted by Crippen LogP contribution is -2.45. The Kier molecular flexibility index (Phi) is 4.76. The standard InChI is InChI=1S/C14H19NO4/c1-18-12-4-2-3-11(7-12)8-13-9-15(5-6-19-13)10-14(16)17/h2-4,7,13H,5-6,8-10H2,1H3,(H,16,17). The van der Waals surface area contributed by atoms with Crippen LogP contribution in [0.25, 0.3) is 0 Å². The van der Waals surface area contributed by atoms with Crippen LogP contribution in [-0.4, -0.2) is 55.4 Å². The Morgan fingerprint density at radius 1 is 1.58 bits per heavy atom. The molecule has 0 spiro atoms. The molecule has 5 nitrogen and oxygen atoms in total. The summed E-state index contributed by atoms with van der Waals surface area (Å²) in [5.41, 5.74) is 1.14. The van der Waals surface area contributed by atoms with E-state index in [1.165, 1.54) is 0 Å². The van der Waals surface area contributed by atoms with Gasteiger partial charge in [-0.2, -0.15) is 0 Å². The molecule has 1 aromatic carbocycles. The van der Waals surface area contributed by atoms with Gasteiger partial charge < -0.3 is 14.6 Å². The van der Waals surface area contributed by atoms with E-state index in [2.05, 4.69) is 0 Å². The molecule has 0 radical (unpaired) electrons. The normalized spacial score (nSPS) is 20.2. The molecule has 1 atom stereocenters. The smallest absolute Gasteiger partial charge is 0.317 e. The zero-order valence-electron chi connectivity index (χ0n) is 11.0. The highest BCUT2D eigenvalue weighted by Crippen LogP contribution is 2.16. The number of morpholine rings is 1. The second-order valence-electron chi connectivity index (χ2n) is 4.68. The maximum absolute atomic E-state index is 10.7. The SMILES string of the molecule is COc1cccc(CC2CN(CC(=O)O)CCO2)c1. The van der Waals surface area contributed by atoms with E-state index in [9.17, 15) is 4.79 Å². The first-order valence-corrected chi connectivity index (χ1v) is 6.36. The molecule has 0 saturated carbocycles. The molecule has 19 heavy (non-hydrogen) atoms. The number of ether oxygens (including phenoxy) is 2. The second kappa shape index (κ2) is 6.54. The molecule has 0 aromatic heterocycles. The zero-order chi connectivity index (χ0) is 13.7. The third-order valence-corrected chi connectivity index (χ3v) is 3.18. The largest absolute Gasteiger partial charge is 0.497 e. The second-order valence-corrected chi connectivity index (χ2v) is 4.68. The van der Waals surface area contributed by atoms with Gasteiger partial charge in [0.05, 0.1) is 26.4 Å². The number of nitrogens with zero attached hydrogens (tertiary/aromatic N) is 1. The summed E-state index contributed by atoms with van der Waals surface area (Å²) in [6.45, 7) is 2.00. The Labute approximate surface area is 112 Å². The number of hydrogen-bond donors (Lipinski definition) is 1.